The summed E-state index contributed by atoms with van der Waals surface area (Å²) in [6, 6.07) is 7.46. The second kappa shape index (κ2) is 8.75. The minimum atomic E-state index is -1.22. The number of benzene rings is 1. The molecule has 2 unspecified atom stereocenters. The van der Waals surface area contributed by atoms with Gasteiger partial charge in [0.2, 0.25) is 0 Å². The molecule has 2 aliphatic carbocycles. The van der Waals surface area contributed by atoms with Crippen LogP contribution in [0.15, 0.2) is 29.4 Å². The van der Waals surface area contributed by atoms with Gasteiger partial charge in [0.25, 0.3) is 0 Å². The summed E-state index contributed by atoms with van der Waals surface area (Å²) in [4.78, 5) is 9.33. The van der Waals surface area contributed by atoms with Crippen molar-refractivity contribution in [2.45, 2.75) is 67.7 Å². The molecule has 6 atom stereocenters. The monoisotopic (exact) mass is 476 g/mol. The van der Waals surface area contributed by atoms with Gasteiger partial charge in [-0.3, -0.25) is 0 Å². The molecule has 2 fully saturated rings. The van der Waals surface area contributed by atoms with Gasteiger partial charge in [-0.25, -0.2) is 14.6 Å². The predicted molar refractivity (Wildman–Crippen MR) is 122 cm³/mol. The van der Waals surface area contributed by atoms with E-state index in [1.807, 2.05) is 18.2 Å². The maximum Gasteiger partial charge on any atom is 0.191 e. The van der Waals surface area contributed by atoms with Crippen molar-refractivity contribution in [3.8, 4) is 0 Å². The number of hydrogen-bond acceptors (Lipinski definition) is 9. The van der Waals surface area contributed by atoms with Crippen molar-refractivity contribution in [3.63, 3.8) is 0 Å². The van der Waals surface area contributed by atoms with Crippen LogP contribution in [0, 0.1) is 0 Å². The number of hydrogen-bond donors (Lipinski definition) is 4. The minimum absolute atomic E-state index is 0.171. The zero-order chi connectivity index (χ0) is 22.4. The van der Waals surface area contributed by atoms with Gasteiger partial charge in [0, 0.05) is 29.2 Å². The van der Waals surface area contributed by atoms with E-state index in [0.29, 0.717) is 28.1 Å². The molecule has 1 aromatic carbocycles. The van der Waals surface area contributed by atoms with Gasteiger partial charge in [0.1, 0.15) is 12.2 Å². The maximum atomic E-state index is 10.4. The van der Waals surface area contributed by atoms with Gasteiger partial charge in [-0.05, 0) is 30.5 Å². The number of nitrogens with zero attached hydrogens (tertiary/aromatic N) is 5. The molecule has 0 amide bonds. The highest BCUT2D eigenvalue weighted by Crippen LogP contribution is 2.44. The summed E-state index contributed by atoms with van der Waals surface area (Å²) in [5.74, 6) is 1.80. The van der Waals surface area contributed by atoms with Crippen LogP contribution in [0.2, 0.25) is 5.02 Å². The zero-order valence-electron chi connectivity index (χ0n) is 17.5. The fraction of sp³-hybridized carbons (Fsp3) is 0.524. The fourth-order valence-corrected chi connectivity index (χ4v) is 5.15. The highest BCUT2D eigenvalue weighted by molar-refractivity contribution is 7.99. The lowest BCUT2D eigenvalue weighted by Gasteiger charge is -2.16. The first-order valence-corrected chi connectivity index (χ1v) is 12.1. The molecule has 9 nitrogen and oxygen atoms in total. The second-order valence-electron chi connectivity index (χ2n) is 8.41. The first-order valence-electron chi connectivity index (χ1n) is 10.8. The zero-order valence-corrected chi connectivity index (χ0v) is 19.0. The van der Waals surface area contributed by atoms with Gasteiger partial charge in [0.15, 0.2) is 22.1 Å². The van der Waals surface area contributed by atoms with Gasteiger partial charge in [-0.15, -0.1) is 5.10 Å². The Morgan fingerprint density at radius 3 is 2.75 bits per heavy atom. The van der Waals surface area contributed by atoms with Crippen LogP contribution in [0.25, 0.3) is 11.2 Å². The van der Waals surface area contributed by atoms with Crippen molar-refractivity contribution >= 4 is 40.3 Å². The number of anilines is 1. The number of nitrogens with one attached hydrogen (secondary N) is 1. The van der Waals surface area contributed by atoms with Crippen LogP contribution < -0.4 is 5.32 Å². The lowest BCUT2D eigenvalue weighted by atomic mass is 10.1. The number of thioether (sulfide) groups is 1. The molecule has 0 bridgehead atoms. The van der Waals surface area contributed by atoms with Crippen LogP contribution in [-0.2, 0) is 0 Å². The second-order valence-corrected chi connectivity index (χ2v) is 9.91. The van der Waals surface area contributed by atoms with Crippen LogP contribution >= 0.6 is 23.4 Å². The molecular weight excluding hydrogens is 452 g/mol. The van der Waals surface area contributed by atoms with Crippen molar-refractivity contribution < 1.29 is 15.3 Å². The predicted octanol–water partition coefficient (Wildman–Crippen LogP) is 2.37. The molecular formula is C21H25ClN6O3S. The Kier molecular flexibility index (Phi) is 5.98. The molecule has 2 aromatic heterocycles. The number of rotatable bonds is 7. The summed E-state index contributed by atoms with van der Waals surface area (Å²) in [6.45, 7) is 2.09. The van der Waals surface area contributed by atoms with Gasteiger partial charge in [-0.2, -0.15) is 0 Å². The Morgan fingerprint density at radius 2 is 2.03 bits per heavy atom. The van der Waals surface area contributed by atoms with E-state index in [4.69, 9.17) is 16.6 Å². The van der Waals surface area contributed by atoms with Crippen molar-refractivity contribution in [2.24, 2.45) is 0 Å². The van der Waals surface area contributed by atoms with Crippen molar-refractivity contribution in [1.82, 2.24) is 25.0 Å². The van der Waals surface area contributed by atoms with Crippen molar-refractivity contribution in [2.75, 3.05) is 11.1 Å². The van der Waals surface area contributed by atoms with Gasteiger partial charge >= 0.3 is 0 Å². The fourth-order valence-electron chi connectivity index (χ4n) is 4.25. The van der Waals surface area contributed by atoms with Crippen LogP contribution in [0.1, 0.15) is 43.7 Å². The third-order valence-corrected chi connectivity index (χ3v) is 7.35. The highest BCUT2D eigenvalue weighted by Gasteiger charge is 2.43. The highest BCUT2D eigenvalue weighted by atomic mass is 35.5. The van der Waals surface area contributed by atoms with E-state index in [0.717, 1.165) is 23.6 Å². The normalized spacial score (nSPS) is 29.5. The molecule has 2 aliphatic rings. The molecule has 5 rings (SSSR count). The summed E-state index contributed by atoms with van der Waals surface area (Å²) < 4.78 is 1.50. The standard InChI is InChI=1S/C21H25ClN6O3S/c1-2-6-32-21-24-19(23-13-8-12(13)10-4-3-5-11(22)7-10)16-20(25-21)28(27-26-16)14-9-15(29)18(31)17(14)30/h3-5,7,12-15,17-18,29-31H,2,6,8-9H2,1H3,(H,23,24,25)/t12?,13?,14-,15+,17+,18-/m0/s1. The van der Waals surface area contributed by atoms with Crippen LogP contribution in [0.4, 0.5) is 5.82 Å². The quantitative estimate of drug-likeness (QED) is 0.300. The van der Waals surface area contributed by atoms with Gasteiger partial charge in [0.05, 0.1) is 12.1 Å². The maximum absolute atomic E-state index is 10.4. The summed E-state index contributed by atoms with van der Waals surface area (Å²) >= 11 is 7.69. The van der Waals surface area contributed by atoms with E-state index in [2.05, 4.69) is 33.6 Å². The van der Waals surface area contributed by atoms with Crippen LogP contribution in [-0.4, -0.2) is 70.4 Å². The van der Waals surface area contributed by atoms with Gasteiger partial charge in [-0.1, -0.05) is 47.6 Å². The largest absolute Gasteiger partial charge is 0.390 e. The molecule has 4 N–H and O–H groups in total. The smallest absolute Gasteiger partial charge is 0.191 e. The molecule has 32 heavy (non-hydrogen) atoms. The van der Waals surface area contributed by atoms with E-state index in [1.165, 1.54) is 10.2 Å². The first kappa shape index (κ1) is 21.8. The molecule has 3 aromatic rings. The van der Waals surface area contributed by atoms with E-state index >= 15 is 0 Å². The summed E-state index contributed by atoms with van der Waals surface area (Å²) in [5, 5.41) is 43.7. The van der Waals surface area contributed by atoms with E-state index in [9.17, 15) is 15.3 Å². The average molecular weight is 477 g/mol. The van der Waals surface area contributed by atoms with Crippen molar-refractivity contribution in [1.29, 1.82) is 0 Å². The Morgan fingerprint density at radius 1 is 1.19 bits per heavy atom. The van der Waals surface area contributed by atoms with Crippen LogP contribution in [0.3, 0.4) is 0 Å². The van der Waals surface area contributed by atoms with E-state index in [1.54, 1.807) is 11.8 Å². The molecule has 0 aliphatic heterocycles. The topological polar surface area (TPSA) is 129 Å². The number of aromatic nitrogens is 5. The van der Waals surface area contributed by atoms with Crippen molar-refractivity contribution in [3.05, 3.63) is 34.9 Å². The number of fused-ring (bicyclic) bond motifs is 1. The SMILES string of the molecule is CCCSc1nc(NC2CC2c2cccc(Cl)c2)c2nnn([C@H]3C[C@@H](O)[C@H](O)[C@@H]3O)c2n1. The van der Waals surface area contributed by atoms with E-state index in [-0.39, 0.29) is 12.5 Å². The minimum Gasteiger partial charge on any atom is -0.390 e. The molecule has 0 spiro atoms. The number of aliphatic hydroxyl groups is 3. The molecule has 170 valence electrons. The molecule has 2 saturated carbocycles. The lowest BCUT2D eigenvalue weighted by Crippen LogP contribution is -2.31. The number of halogens is 1. The van der Waals surface area contributed by atoms with E-state index < -0.39 is 24.4 Å². The van der Waals surface area contributed by atoms with Crippen LogP contribution in [0.5, 0.6) is 0 Å². The average Bonchev–Trinajstić information content (AvgIpc) is 3.35. The first-order chi connectivity index (χ1) is 15.5. The van der Waals surface area contributed by atoms with Gasteiger partial charge < -0.3 is 20.6 Å². The third-order valence-electron chi connectivity index (χ3n) is 6.06. The summed E-state index contributed by atoms with van der Waals surface area (Å²) in [5.41, 5.74) is 2.17. The number of aliphatic hydroxyl groups excluding tert-OH is 3. The Hall–Kier alpha value is -1.98. The molecule has 0 saturated heterocycles. The summed E-state index contributed by atoms with van der Waals surface area (Å²) in [7, 11) is 0. The Labute approximate surface area is 194 Å². The Bertz CT molecular complexity index is 1130. The lowest BCUT2D eigenvalue weighted by molar-refractivity contribution is -0.0253. The molecule has 0 radical (unpaired) electrons. The molecule has 2 heterocycles. The third kappa shape index (κ3) is 4.06. The molecule has 11 heteroatoms. The Balaban J connectivity index is 1.46. The summed E-state index contributed by atoms with van der Waals surface area (Å²) in [6.07, 6.45) is -1.29.